The first kappa shape index (κ1) is 21.2. The number of halogens is 1. The van der Waals surface area contributed by atoms with Crippen molar-refractivity contribution in [2.75, 3.05) is 25.4 Å². The molecule has 0 aromatic heterocycles. The molecule has 5 nitrogen and oxygen atoms in total. The molecule has 1 fully saturated rings. The summed E-state index contributed by atoms with van der Waals surface area (Å²) in [6, 6.07) is 8.53. The zero-order valence-corrected chi connectivity index (χ0v) is 17.6. The molecule has 0 saturated carbocycles. The molecule has 1 aliphatic heterocycles. The summed E-state index contributed by atoms with van der Waals surface area (Å²) in [6.07, 6.45) is 3.08. The Labute approximate surface area is 162 Å². The summed E-state index contributed by atoms with van der Waals surface area (Å²) in [5.41, 5.74) is 0. The molecule has 1 atom stereocenters. The van der Waals surface area contributed by atoms with E-state index < -0.39 is 9.84 Å². The fourth-order valence-electron chi connectivity index (χ4n) is 2.75. The molecule has 1 aromatic carbocycles. The number of hydrogen-bond donors (Lipinski definition) is 1. The van der Waals surface area contributed by atoms with E-state index in [9.17, 15) is 8.42 Å². The average Bonchev–Trinajstić information content (AvgIpc) is 3.08. The Hall–Kier alpha value is -0.830. The number of benzene rings is 1. The predicted molar refractivity (Wildman–Crippen MR) is 110 cm³/mol. The molecular formula is C17H28IN3O2S. The van der Waals surface area contributed by atoms with Gasteiger partial charge in [0.25, 0.3) is 0 Å². The monoisotopic (exact) mass is 465 g/mol. The number of rotatable bonds is 6. The van der Waals surface area contributed by atoms with E-state index in [0.717, 1.165) is 25.5 Å². The quantitative estimate of drug-likeness (QED) is 0.399. The molecule has 1 aliphatic rings. The van der Waals surface area contributed by atoms with Crippen molar-refractivity contribution in [3.63, 3.8) is 0 Å². The molecule has 1 unspecified atom stereocenters. The number of sulfone groups is 1. The summed E-state index contributed by atoms with van der Waals surface area (Å²) in [5, 5.41) is 3.37. The van der Waals surface area contributed by atoms with E-state index in [-0.39, 0.29) is 35.8 Å². The van der Waals surface area contributed by atoms with Crippen LogP contribution < -0.4 is 5.32 Å². The van der Waals surface area contributed by atoms with Gasteiger partial charge in [0.15, 0.2) is 15.8 Å². The van der Waals surface area contributed by atoms with Crippen LogP contribution in [0.1, 0.15) is 33.1 Å². The van der Waals surface area contributed by atoms with E-state index in [1.807, 2.05) is 19.9 Å². The molecule has 0 amide bonds. The summed E-state index contributed by atoms with van der Waals surface area (Å²) < 4.78 is 25.1. The van der Waals surface area contributed by atoms with Gasteiger partial charge in [-0.2, -0.15) is 0 Å². The first-order valence-corrected chi connectivity index (χ1v) is 10.1. The first-order chi connectivity index (χ1) is 11.1. The van der Waals surface area contributed by atoms with Crippen molar-refractivity contribution in [3.05, 3.63) is 30.3 Å². The van der Waals surface area contributed by atoms with Crippen molar-refractivity contribution in [1.82, 2.24) is 10.2 Å². The van der Waals surface area contributed by atoms with Crippen LogP contribution in [0.25, 0.3) is 0 Å². The van der Waals surface area contributed by atoms with Crippen LogP contribution in [-0.4, -0.2) is 50.7 Å². The topological polar surface area (TPSA) is 61.8 Å². The standard InChI is InChI=1S/C17H27N3O2S.HI/c1-3-15(14-23(21,22)16-10-6-5-7-11-16)19-17(18-4-2)20-12-8-9-13-20;/h5-7,10-11,15H,3-4,8-9,12-14H2,1-2H3,(H,18,19);1H. The van der Waals surface area contributed by atoms with Gasteiger partial charge in [-0.15, -0.1) is 24.0 Å². The second-order valence-corrected chi connectivity index (χ2v) is 7.87. The van der Waals surface area contributed by atoms with Gasteiger partial charge in [-0.1, -0.05) is 25.1 Å². The van der Waals surface area contributed by atoms with Crippen LogP contribution in [0.2, 0.25) is 0 Å². The van der Waals surface area contributed by atoms with Crippen LogP contribution in [0.5, 0.6) is 0 Å². The highest BCUT2D eigenvalue weighted by molar-refractivity contribution is 14.0. The Morgan fingerprint density at radius 3 is 2.38 bits per heavy atom. The van der Waals surface area contributed by atoms with E-state index in [0.29, 0.717) is 11.4 Å². The number of hydrogen-bond acceptors (Lipinski definition) is 3. The van der Waals surface area contributed by atoms with Crippen LogP contribution >= 0.6 is 24.0 Å². The molecule has 1 heterocycles. The minimum Gasteiger partial charge on any atom is -0.352 e. The second-order valence-electron chi connectivity index (χ2n) is 5.84. The fourth-order valence-corrected chi connectivity index (χ4v) is 4.36. The van der Waals surface area contributed by atoms with Gasteiger partial charge in [0.05, 0.1) is 10.6 Å². The van der Waals surface area contributed by atoms with Crippen LogP contribution in [0.15, 0.2) is 40.2 Å². The van der Waals surface area contributed by atoms with E-state index in [1.165, 1.54) is 12.8 Å². The molecule has 2 rings (SSSR count). The van der Waals surface area contributed by atoms with Gasteiger partial charge in [0.2, 0.25) is 0 Å². The van der Waals surface area contributed by atoms with Gasteiger partial charge in [-0.3, -0.25) is 4.99 Å². The number of nitrogens with one attached hydrogen (secondary N) is 1. The maximum Gasteiger partial charge on any atom is 0.194 e. The molecular weight excluding hydrogens is 437 g/mol. The highest BCUT2D eigenvalue weighted by Gasteiger charge is 2.23. The molecule has 136 valence electrons. The Morgan fingerprint density at radius 2 is 1.83 bits per heavy atom. The van der Waals surface area contributed by atoms with Gasteiger partial charge in [0, 0.05) is 25.7 Å². The summed E-state index contributed by atoms with van der Waals surface area (Å²) >= 11 is 0. The lowest BCUT2D eigenvalue weighted by Gasteiger charge is -2.26. The van der Waals surface area contributed by atoms with Crippen molar-refractivity contribution in [2.45, 2.75) is 44.0 Å². The highest BCUT2D eigenvalue weighted by atomic mass is 127. The third-order valence-corrected chi connectivity index (χ3v) is 5.89. The SMILES string of the molecule is CCN=C(NC(CC)CS(=O)(=O)c1ccccc1)N1CCCC1.I. The number of guanidine groups is 1. The molecule has 0 radical (unpaired) electrons. The molecule has 0 spiro atoms. The Bertz CT molecular complexity index is 614. The Morgan fingerprint density at radius 1 is 1.21 bits per heavy atom. The minimum absolute atomic E-state index is 0. The van der Waals surface area contributed by atoms with Crippen LogP contribution in [0, 0.1) is 0 Å². The summed E-state index contributed by atoms with van der Waals surface area (Å²) in [6.45, 7) is 6.69. The Balaban J connectivity index is 0.00000288. The largest absolute Gasteiger partial charge is 0.352 e. The van der Waals surface area contributed by atoms with Crippen LogP contribution in [0.4, 0.5) is 0 Å². The van der Waals surface area contributed by atoms with Crippen molar-refractivity contribution in [3.8, 4) is 0 Å². The van der Waals surface area contributed by atoms with Crippen molar-refractivity contribution >= 4 is 39.8 Å². The van der Waals surface area contributed by atoms with Crippen LogP contribution in [-0.2, 0) is 9.84 Å². The summed E-state index contributed by atoms with van der Waals surface area (Å²) in [5.74, 6) is 0.935. The van der Waals surface area contributed by atoms with E-state index in [2.05, 4.69) is 15.2 Å². The minimum atomic E-state index is -3.29. The van der Waals surface area contributed by atoms with Crippen LogP contribution in [0.3, 0.4) is 0 Å². The molecule has 7 heteroatoms. The molecule has 24 heavy (non-hydrogen) atoms. The van der Waals surface area contributed by atoms with E-state index >= 15 is 0 Å². The second kappa shape index (κ2) is 10.2. The lowest BCUT2D eigenvalue weighted by molar-refractivity contribution is 0.472. The maximum atomic E-state index is 12.6. The van der Waals surface area contributed by atoms with Crippen molar-refractivity contribution < 1.29 is 8.42 Å². The lowest BCUT2D eigenvalue weighted by Crippen LogP contribution is -2.47. The number of likely N-dealkylation sites (tertiary alicyclic amines) is 1. The molecule has 1 aromatic rings. The van der Waals surface area contributed by atoms with Crippen molar-refractivity contribution in [1.29, 1.82) is 0 Å². The zero-order valence-electron chi connectivity index (χ0n) is 14.4. The van der Waals surface area contributed by atoms with E-state index in [1.54, 1.807) is 24.3 Å². The molecule has 0 aliphatic carbocycles. The normalized spacial score (nSPS) is 16.6. The average molecular weight is 465 g/mol. The molecule has 0 bridgehead atoms. The van der Waals surface area contributed by atoms with Gasteiger partial charge < -0.3 is 10.2 Å². The predicted octanol–water partition coefficient (Wildman–Crippen LogP) is 2.92. The Kier molecular flexibility index (Phi) is 9.04. The maximum absolute atomic E-state index is 12.6. The van der Waals surface area contributed by atoms with Crippen molar-refractivity contribution in [2.24, 2.45) is 4.99 Å². The van der Waals surface area contributed by atoms with Gasteiger partial charge in [-0.25, -0.2) is 8.42 Å². The number of aliphatic imine (C=N–C) groups is 1. The third kappa shape index (κ3) is 5.91. The highest BCUT2D eigenvalue weighted by Crippen LogP contribution is 2.13. The van der Waals surface area contributed by atoms with Gasteiger partial charge in [-0.05, 0) is 38.3 Å². The third-order valence-electron chi connectivity index (χ3n) is 4.06. The van der Waals surface area contributed by atoms with E-state index in [4.69, 9.17) is 0 Å². The lowest BCUT2D eigenvalue weighted by atomic mass is 10.2. The number of nitrogens with zero attached hydrogens (tertiary/aromatic N) is 2. The fraction of sp³-hybridized carbons (Fsp3) is 0.588. The smallest absolute Gasteiger partial charge is 0.194 e. The van der Waals surface area contributed by atoms with Gasteiger partial charge in [0.1, 0.15) is 0 Å². The molecule has 1 N–H and O–H groups in total. The first-order valence-electron chi connectivity index (χ1n) is 8.40. The molecule has 1 saturated heterocycles. The zero-order chi connectivity index (χ0) is 16.7. The summed E-state index contributed by atoms with van der Waals surface area (Å²) in [4.78, 5) is 7.14. The summed E-state index contributed by atoms with van der Waals surface area (Å²) in [7, 11) is -3.29. The van der Waals surface area contributed by atoms with Gasteiger partial charge >= 0.3 is 0 Å².